The Morgan fingerprint density at radius 1 is 0.756 bits per heavy atom. The van der Waals surface area contributed by atoms with Crippen LogP contribution in [0.25, 0.3) is 0 Å². The number of carbonyl (C=O) groups is 3. The predicted molar refractivity (Wildman–Crippen MR) is 297 cm³/mol. The second kappa shape index (κ2) is 27.0. The Morgan fingerprint density at radius 3 is 1.93 bits per heavy atom. The molecule has 23 heteroatoms. The molecule has 1 unspecified atom stereocenters. The van der Waals surface area contributed by atoms with Crippen LogP contribution < -0.4 is 37.0 Å². The summed E-state index contributed by atoms with van der Waals surface area (Å²) in [6.45, 7) is 0.611. The average Bonchev–Trinajstić information content (AvgIpc) is 4.25. The molecule has 3 N–H and O–H groups in total. The van der Waals surface area contributed by atoms with Crippen molar-refractivity contribution in [2.75, 3.05) is 46.0 Å². The number of aromatic nitrogens is 4. The average molecular weight is 1140 g/mol. The standard InChI is InChI=1S/C59H60FN6O15P/c1-37-34-66(58(72)64-55(37)69)54-30-46(77-38(2)67)50(79-54)36-76-82(81-48(33-61-52(68)32-60)39-14-8-5-9-15-39)80-47-31-53(65-29-28-51(63-57(65)71)62-56(70)40-16-10-6-11-17-40)78-49(47)35-75-59(41-18-12-7-13-19-41,42-20-24-44(73-3)25-21-42)43-22-26-45(74-4)27-23-43/h5-29,34,46-50,53-54H,30-33,35-36H2,1-4H3,(H,61,68)(H,64,69,72)(H,62,63,70,71)/t46-,47-,48?,49+,50+,53+,54+,82-/m0/s1. The van der Waals surface area contributed by atoms with Crippen molar-refractivity contribution in [2.24, 2.45) is 0 Å². The van der Waals surface area contributed by atoms with Gasteiger partial charge in [-0.25, -0.2) is 14.0 Å². The van der Waals surface area contributed by atoms with Gasteiger partial charge in [0, 0.05) is 49.8 Å². The van der Waals surface area contributed by atoms with E-state index in [0.29, 0.717) is 33.8 Å². The minimum atomic E-state index is -2.65. The van der Waals surface area contributed by atoms with Crippen molar-refractivity contribution in [3.8, 4) is 11.5 Å². The number of nitrogens with zero attached hydrogens (tertiary/aromatic N) is 3. The number of amides is 2. The van der Waals surface area contributed by atoms with E-state index in [4.69, 9.17) is 42.0 Å². The molecule has 0 radical (unpaired) electrons. The Kier molecular flexibility index (Phi) is 19.3. The molecule has 0 bridgehead atoms. The number of halogens is 1. The van der Waals surface area contributed by atoms with Gasteiger partial charge in [-0.2, -0.15) is 4.98 Å². The topological polar surface area (TPSA) is 248 Å². The van der Waals surface area contributed by atoms with E-state index in [2.05, 4.69) is 20.6 Å². The van der Waals surface area contributed by atoms with Gasteiger partial charge in [-0.05, 0) is 71.6 Å². The van der Waals surface area contributed by atoms with Crippen LogP contribution in [0.5, 0.6) is 11.5 Å². The van der Waals surface area contributed by atoms with Gasteiger partial charge >= 0.3 is 26.0 Å². The molecule has 428 valence electrons. The lowest BCUT2D eigenvalue weighted by Crippen LogP contribution is -2.38. The molecule has 0 aliphatic carbocycles. The summed E-state index contributed by atoms with van der Waals surface area (Å²) in [5.74, 6) is -0.824. The number of benzene rings is 5. The molecule has 2 aliphatic heterocycles. The summed E-state index contributed by atoms with van der Waals surface area (Å²) in [5.41, 5.74) is -0.176. The molecular weight excluding hydrogens is 1080 g/mol. The van der Waals surface area contributed by atoms with E-state index in [1.807, 2.05) is 78.9 Å². The van der Waals surface area contributed by atoms with Crippen LogP contribution >= 0.6 is 8.60 Å². The Balaban J connectivity index is 1.10. The number of esters is 1. The third kappa shape index (κ3) is 13.9. The van der Waals surface area contributed by atoms with Gasteiger partial charge in [0.05, 0.1) is 33.5 Å². The van der Waals surface area contributed by atoms with Crippen LogP contribution in [0, 0.1) is 6.92 Å². The second-order valence-corrected chi connectivity index (χ2v) is 20.2. The van der Waals surface area contributed by atoms with Gasteiger partial charge in [-0.1, -0.05) is 103 Å². The molecule has 9 rings (SSSR count). The minimum absolute atomic E-state index is 0.00599. The van der Waals surface area contributed by atoms with Crippen molar-refractivity contribution in [2.45, 2.75) is 75.3 Å². The van der Waals surface area contributed by atoms with Gasteiger partial charge in [0.25, 0.3) is 17.4 Å². The van der Waals surface area contributed by atoms with Crippen LogP contribution in [0.4, 0.5) is 10.2 Å². The highest BCUT2D eigenvalue weighted by molar-refractivity contribution is 7.41. The molecule has 8 atom stereocenters. The maximum absolute atomic E-state index is 14.1. The lowest BCUT2D eigenvalue weighted by molar-refractivity contribution is -0.150. The molecule has 2 aliphatic rings. The summed E-state index contributed by atoms with van der Waals surface area (Å²) in [6.07, 6.45) is -4.54. The van der Waals surface area contributed by atoms with Crippen LogP contribution in [0.1, 0.15) is 76.5 Å². The van der Waals surface area contributed by atoms with Crippen molar-refractivity contribution in [1.82, 2.24) is 24.4 Å². The highest BCUT2D eigenvalue weighted by Crippen LogP contribution is 2.51. The molecule has 7 aromatic rings. The molecule has 4 heterocycles. The van der Waals surface area contributed by atoms with Crippen molar-refractivity contribution in [3.63, 3.8) is 0 Å². The predicted octanol–water partition coefficient (Wildman–Crippen LogP) is 7.36. The summed E-state index contributed by atoms with van der Waals surface area (Å²) in [5, 5.41) is 5.22. The zero-order valence-electron chi connectivity index (χ0n) is 45.1. The molecule has 82 heavy (non-hydrogen) atoms. The molecular formula is C59H60FN6O15P. The number of methoxy groups -OCH3 is 2. The molecule has 21 nitrogen and oxygen atoms in total. The largest absolute Gasteiger partial charge is 0.497 e. The molecule has 2 amide bonds. The van der Waals surface area contributed by atoms with Gasteiger partial charge in [-0.3, -0.25) is 33.3 Å². The van der Waals surface area contributed by atoms with Crippen LogP contribution in [-0.2, 0) is 47.7 Å². The highest BCUT2D eigenvalue weighted by Gasteiger charge is 2.46. The van der Waals surface area contributed by atoms with Gasteiger partial charge in [0.2, 0.25) is 0 Å². The Hall–Kier alpha value is -8.21. The molecule has 2 saturated heterocycles. The van der Waals surface area contributed by atoms with Gasteiger partial charge in [-0.15, -0.1) is 0 Å². The lowest BCUT2D eigenvalue weighted by atomic mass is 9.80. The highest BCUT2D eigenvalue weighted by atomic mass is 31.2. The fourth-order valence-electron chi connectivity index (χ4n) is 9.62. The smallest absolute Gasteiger partial charge is 0.351 e. The van der Waals surface area contributed by atoms with Crippen molar-refractivity contribution >= 4 is 32.2 Å². The first-order valence-electron chi connectivity index (χ1n) is 26.1. The maximum Gasteiger partial charge on any atom is 0.351 e. The second-order valence-electron chi connectivity index (χ2n) is 19.1. The summed E-state index contributed by atoms with van der Waals surface area (Å²) in [4.78, 5) is 84.1. The summed E-state index contributed by atoms with van der Waals surface area (Å²) >= 11 is 0. The molecule has 0 saturated carbocycles. The molecule has 5 aromatic carbocycles. The molecule has 0 spiro atoms. The van der Waals surface area contributed by atoms with E-state index in [-0.39, 0.29) is 44.0 Å². The fourth-order valence-corrected chi connectivity index (χ4v) is 10.9. The van der Waals surface area contributed by atoms with E-state index in [1.54, 1.807) is 74.9 Å². The van der Waals surface area contributed by atoms with E-state index >= 15 is 0 Å². The van der Waals surface area contributed by atoms with Crippen LogP contribution in [0.2, 0.25) is 0 Å². The van der Waals surface area contributed by atoms with E-state index in [9.17, 15) is 33.2 Å². The zero-order valence-corrected chi connectivity index (χ0v) is 46.0. The minimum Gasteiger partial charge on any atom is -0.497 e. The summed E-state index contributed by atoms with van der Waals surface area (Å²) in [7, 11) is 0.494. The van der Waals surface area contributed by atoms with Gasteiger partial charge in [0.15, 0.2) is 6.67 Å². The van der Waals surface area contributed by atoms with Crippen LogP contribution in [0.15, 0.2) is 172 Å². The number of H-pyrrole nitrogens is 1. The van der Waals surface area contributed by atoms with Crippen LogP contribution in [-0.4, -0.2) is 102 Å². The first kappa shape index (κ1) is 58.4. The maximum atomic E-state index is 14.1. The first-order chi connectivity index (χ1) is 39.7. The number of carbonyl (C=O) groups excluding carboxylic acids is 3. The number of aryl methyl sites for hydroxylation is 1. The Labute approximate surface area is 471 Å². The number of aromatic amines is 1. The number of ether oxygens (including phenoxy) is 6. The number of rotatable bonds is 24. The van der Waals surface area contributed by atoms with Gasteiger partial charge < -0.3 is 52.6 Å². The van der Waals surface area contributed by atoms with Gasteiger partial charge in [0.1, 0.15) is 59.8 Å². The lowest BCUT2D eigenvalue weighted by Gasteiger charge is -2.37. The fraction of sp³-hybridized carbons (Fsp3) is 0.305. The van der Waals surface area contributed by atoms with E-state index < -0.39 is 98.6 Å². The SMILES string of the molecule is COc1ccc(C(OC[C@H]2O[C@@H](n3ccc(NC(=O)c4ccccc4)nc3=O)C[C@@H]2O[P@](OC[C@H]2O[C@@H](n3cc(C)c(=O)[nH]c3=O)C[C@@H]2OC(C)=O)OC(CNC(=O)CF)c2ccccc2)(c2ccccc2)c2ccc(OC)cc2)cc1. The normalized spacial score (nSPS) is 19.4. The first-order valence-corrected chi connectivity index (χ1v) is 27.2. The van der Waals surface area contributed by atoms with Crippen molar-refractivity contribution in [1.29, 1.82) is 0 Å². The quantitative estimate of drug-likeness (QED) is 0.0304. The van der Waals surface area contributed by atoms with Crippen LogP contribution in [0.3, 0.4) is 0 Å². The number of hydrogen-bond donors (Lipinski definition) is 3. The van der Waals surface area contributed by atoms with Crippen molar-refractivity contribution in [3.05, 3.63) is 223 Å². The number of alkyl halides is 1. The summed E-state index contributed by atoms with van der Waals surface area (Å²) in [6, 6.07) is 43.1. The third-order valence-electron chi connectivity index (χ3n) is 13.7. The monoisotopic (exact) mass is 1140 g/mol. The molecule has 2 fully saturated rings. The van der Waals surface area contributed by atoms with Crippen molar-refractivity contribution < 1.29 is 60.8 Å². The zero-order chi connectivity index (χ0) is 57.8. The Morgan fingerprint density at radius 2 is 1.33 bits per heavy atom. The number of anilines is 1. The number of hydrogen-bond acceptors (Lipinski definition) is 16. The van der Waals surface area contributed by atoms with E-state index in [1.165, 1.54) is 41.4 Å². The number of nitrogens with one attached hydrogen (secondary N) is 3. The summed E-state index contributed by atoms with van der Waals surface area (Å²) < 4.78 is 73.7. The molecule has 2 aromatic heterocycles. The Bertz CT molecular complexity index is 3420. The third-order valence-corrected chi connectivity index (χ3v) is 15.0. The van der Waals surface area contributed by atoms with E-state index in [0.717, 1.165) is 5.56 Å².